The first-order valence-electron chi connectivity index (χ1n) is 5.63. The first kappa shape index (κ1) is 11.3. The van der Waals surface area contributed by atoms with Crippen LogP contribution in [0.5, 0.6) is 0 Å². The zero-order chi connectivity index (χ0) is 13.4. The molecule has 0 unspecified atom stereocenters. The van der Waals surface area contributed by atoms with Crippen LogP contribution in [0.15, 0.2) is 41.0 Å². The van der Waals surface area contributed by atoms with Crippen molar-refractivity contribution >= 4 is 16.7 Å². The molecule has 6 heteroatoms. The molecule has 0 fully saturated rings. The predicted octanol–water partition coefficient (Wildman–Crippen LogP) is 3.11. The van der Waals surface area contributed by atoms with Crippen LogP contribution in [-0.2, 0) is 0 Å². The number of rotatable bonds is 2. The second-order valence-corrected chi connectivity index (χ2v) is 4.22. The summed E-state index contributed by atoms with van der Waals surface area (Å²) in [5.41, 5.74) is 3.26. The fraction of sp³-hybridized carbons (Fsp3) is 0.0769. The highest BCUT2D eigenvalue weighted by molar-refractivity contribution is 5.96. The van der Waals surface area contributed by atoms with Gasteiger partial charge in [0.15, 0.2) is 0 Å². The Hall–Kier alpha value is -2.76. The Bertz CT molecular complexity index is 780. The van der Waals surface area contributed by atoms with Gasteiger partial charge in [-0.15, -0.1) is 0 Å². The quantitative estimate of drug-likeness (QED) is 0.519. The molecule has 2 aromatic carbocycles. The molecule has 0 aliphatic heterocycles. The Labute approximate surface area is 107 Å². The van der Waals surface area contributed by atoms with Crippen LogP contribution in [0, 0.1) is 17.0 Å². The highest BCUT2D eigenvalue weighted by Crippen LogP contribution is 2.32. The molecular formula is C13H9N3O3. The van der Waals surface area contributed by atoms with E-state index in [1.54, 1.807) is 6.07 Å². The molecule has 3 aromatic rings. The average Bonchev–Trinajstić information content (AvgIpc) is 2.86. The highest BCUT2D eigenvalue weighted by Gasteiger charge is 2.20. The minimum absolute atomic E-state index is 0.104. The Balaban J connectivity index is 2.29. The van der Waals surface area contributed by atoms with Crippen LogP contribution in [0.25, 0.3) is 22.2 Å². The monoisotopic (exact) mass is 255 g/mol. The number of nitrogens with zero attached hydrogens (tertiary/aromatic N) is 3. The van der Waals surface area contributed by atoms with Gasteiger partial charge in [-0.05, 0) is 28.9 Å². The van der Waals surface area contributed by atoms with Crippen molar-refractivity contribution in [3.63, 3.8) is 0 Å². The molecule has 94 valence electrons. The number of fused-ring (bicyclic) bond motifs is 1. The molecule has 0 aliphatic carbocycles. The third kappa shape index (κ3) is 1.83. The van der Waals surface area contributed by atoms with Gasteiger partial charge in [0.25, 0.3) is 0 Å². The molecule has 0 bridgehead atoms. The van der Waals surface area contributed by atoms with Crippen LogP contribution in [0.3, 0.4) is 0 Å². The largest absolute Gasteiger partial charge is 0.300 e. The van der Waals surface area contributed by atoms with E-state index < -0.39 is 4.92 Å². The molecule has 0 aliphatic rings. The molecule has 1 heterocycles. The molecule has 0 spiro atoms. The van der Waals surface area contributed by atoms with Gasteiger partial charge in [-0.1, -0.05) is 29.8 Å². The van der Waals surface area contributed by atoms with Crippen molar-refractivity contribution in [3.8, 4) is 11.1 Å². The van der Waals surface area contributed by atoms with Crippen molar-refractivity contribution in [1.29, 1.82) is 0 Å². The minimum atomic E-state index is -0.493. The SMILES string of the molecule is Cc1cccc(-c2ccc([N+](=O)[O-])c3nonc23)c1. The highest BCUT2D eigenvalue weighted by atomic mass is 16.6. The van der Waals surface area contributed by atoms with E-state index in [4.69, 9.17) is 0 Å². The van der Waals surface area contributed by atoms with Gasteiger partial charge in [0.1, 0.15) is 5.52 Å². The maximum atomic E-state index is 10.9. The second kappa shape index (κ2) is 4.16. The van der Waals surface area contributed by atoms with Crippen LogP contribution in [0.2, 0.25) is 0 Å². The van der Waals surface area contributed by atoms with Gasteiger partial charge in [-0.2, -0.15) is 0 Å². The van der Waals surface area contributed by atoms with Gasteiger partial charge in [0.05, 0.1) is 4.92 Å². The minimum Gasteiger partial charge on any atom is -0.258 e. The fourth-order valence-electron chi connectivity index (χ4n) is 2.05. The molecule has 19 heavy (non-hydrogen) atoms. The van der Waals surface area contributed by atoms with Gasteiger partial charge in [0.2, 0.25) is 5.52 Å². The van der Waals surface area contributed by atoms with E-state index in [0.29, 0.717) is 5.52 Å². The average molecular weight is 255 g/mol. The molecule has 6 nitrogen and oxygen atoms in total. The van der Waals surface area contributed by atoms with E-state index in [1.165, 1.54) is 6.07 Å². The molecule has 0 saturated heterocycles. The topological polar surface area (TPSA) is 82.1 Å². The molecule has 0 radical (unpaired) electrons. The Morgan fingerprint density at radius 3 is 2.68 bits per heavy atom. The van der Waals surface area contributed by atoms with Crippen LogP contribution in [0.4, 0.5) is 5.69 Å². The Morgan fingerprint density at radius 1 is 1.16 bits per heavy atom. The normalized spacial score (nSPS) is 10.8. The van der Waals surface area contributed by atoms with Crippen LogP contribution in [-0.4, -0.2) is 15.2 Å². The van der Waals surface area contributed by atoms with Crippen molar-refractivity contribution in [3.05, 3.63) is 52.1 Å². The standard InChI is InChI=1S/C13H9N3O3/c1-8-3-2-4-9(7-8)10-5-6-11(16(17)18)13-12(10)14-19-15-13/h2-7H,1H3. The summed E-state index contributed by atoms with van der Waals surface area (Å²) in [5, 5.41) is 18.3. The summed E-state index contributed by atoms with van der Waals surface area (Å²) in [7, 11) is 0. The smallest absolute Gasteiger partial charge is 0.258 e. The lowest BCUT2D eigenvalue weighted by atomic mass is 10.0. The number of non-ortho nitro benzene ring substituents is 1. The van der Waals surface area contributed by atoms with E-state index in [-0.39, 0.29) is 11.2 Å². The lowest BCUT2D eigenvalue weighted by Gasteiger charge is -2.03. The van der Waals surface area contributed by atoms with Crippen molar-refractivity contribution in [2.75, 3.05) is 0 Å². The summed E-state index contributed by atoms with van der Waals surface area (Å²) in [6.45, 7) is 1.98. The number of benzene rings is 2. The zero-order valence-electron chi connectivity index (χ0n) is 10.0. The first-order valence-corrected chi connectivity index (χ1v) is 5.63. The number of hydrogen-bond donors (Lipinski definition) is 0. The van der Waals surface area contributed by atoms with E-state index in [2.05, 4.69) is 14.9 Å². The van der Waals surface area contributed by atoms with Gasteiger partial charge in [-0.25, -0.2) is 4.63 Å². The lowest BCUT2D eigenvalue weighted by Crippen LogP contribution is -1.91. The first-order chi connectivity index (χ1) is 9.16. The summed E-state index contributed by atoms with van der Waals surface area (Å²) in [6.07, 6.45) is 0. The van der Waals surface area contributed by atoms with Crippen LogP contribution < -0.4 is 0 Å². The Morgan fingerprint density at radius 2 is 1.95 bits per heavy atom. The summed E-state index contributed by atoms with van der Waals surface area (Å²) >= 11 is 0. The lowest BCUT2D eigenvalue weighted by molar-refractivity contribution is -0.383. The van der Waals surface area contributed by atoms with Crippen molar-refractivity contribution in [2.45, 2.75) is 6.92 Å². The van der Waals surface area contributed by atoms with Gasteiger partial charge >= 0.3 is 5.69 Å². The van der Waals surface area contributed by atoms with E-state index >= 15 is 0 Å². The zero-order valence-corrected chi connectivity index (χ0v) is 10.0. The fourth-order valence-corrected chi connectivity index (χ4v) is 2.05. The third-order valence-corrected chi connectivity index (χ3v) is 2.92. The number of aryl methyl sites for hydroxylation is 1. The van der Waals surface area contributed by atoms with Crippen molar-refractivity contribution in [1.82, 2.24) is 10.3 Å². The summed E-state index contributed by atoms with van der Waals surface area (Å²) in [6, 6.07) is 10.9. The second-order valence-electron chi connectivity index (χ2n) is 4.22. The van der Waals surface area contributed by atoms with Crippen molar-refractivity contribution in [2.24, 2.45) is 0 Å². The molecule has 0 atom stereocenters. The molecule has 0 N–H and O–H groups in total. The maximum absolute atomic E-state index is 10.9. The van der Waals surface area contributed by atoms with E-state index in [1.807, 2.05) is 31.2 Å². The van der Waals surface area contributed by atoms with Crippen LogP contribution in [0.1, 0.15) is 5.56 Å². The van der Waals surface area contributed by atoms with Gasteiger partial charge < -0.3 is 0 Å². The molecule has 3 rings (SSSR count). The van der Waals surface area contributed by atoms with E-state index in [0.717, 1.165) is 16.7 Å². The number of nitro groups is 1. The maximum Gasteiger partial charge on any atom is 0.300 e. The predicted molar refractivity (Wildman–Crippen MR) is 68.6 cm³/mol. The number of aromatic nitrogens is 2. The summed E-state index contributed by atoms with van der Waals surface area (Å²) < 4.78 is 4.64. The Kier molecular flexibility index (Phi) is 2.49. The van der Waals surface area contributed by atoms with Crippen molar-refractivity contribution < 1.29 is 9.55 Å². The number of nitro benzene ring substituents is 1. The van der Waals surface area contributed by atoms with Crippen LogP contribution >= 0.6 is 0 Å². The summed E-state index contributed by atoms with van der Waals surface area (Å²) in [5.74, 6) is 0. The number of hydrogen-bond acceptors (Lipinski definition) is 5. The van der Waals surface area contributed by atoms with Gasteiger partial charge in [0, 0.05) is 11.6 Å². The van der Waals surface area contributed by atoms with E-state index in [9.17, 15) is 10.1 Å². The van der Waals surface area contributed by atoms with Gasteiger partial charge in [-0.3, -0.25) is 10.1 Å². The molecule has 0 saturated carbocycles. The summed E-state index contributed by atoms with van der Waals surface area (Å²) in [4.78, 5) is 10.4. The molecular weight excluding hydrogens is 246 g/mol. The molecule has 1 aromatic heterocycles. The third-order valence-electron chi connectivity index (χ3n) is 2.92. The molecule has 0 amide bonds.